The number of nitrogens with zero attached hydrogens (tertiary/aromatic N) is 5. The van der Waals surface area contributed by atoms with E-state index in [0.717, 1.165) is 25.6 Å². The third-order valence-corrected chi connectivity index (χ3v) is 5.28. The summed E-state index contributed by atoms with van der Waals surface area (Å²) < 4.78 is 1.89. The number of hydrogen-bond acceptors (Lipinski definition) is 3. The molecule has 1 aromatic heterocycles. The number of hydrogen-bond donors (Lipinski definition) is 1. The summed E-state index contributed by atoms with van der Waals surface area (Å²) in [6, 6.07) is 0. The van der Waals surface area contributed by atoms with Gasteiger partial charge in [-0.25, -0.2) is 0 Å². The van der Waals surface area contributed by atoms with Crippen LogP contribution >= 0.6 is 24.0 Å². The van der Waals surface area contributed by atoms with Gasteiger partial charge in [0.1, 0.15) is 0 Å². The van der Waals surface area contributed by atoms with Crippen molar-refractivity contribution in [2.75, 3.05) is 46.3 Å². The van der Waals surface area contributed by atoms with Crippen LogP contribution in [0.2, 0.25) is 0 Å². The van der Waals surface area contributed by atoms with E-state index in [1.165, 1.54) is 57.3 Å². The van der Waals surface area contributed by atoms with Crippen LogP contribution in [0.25, 0.3) is 0 Å². The Morgan fingerprint density at radius 3 is 2.76 bits per heavy atom. The maximum atomic E-state index is 4.48. The molecule has 6 nitrogen and oxygen atoms in total. The summed E-state index contributed by atoms with van der Waals surface area (Å²) in [4.78, 5) is 9.46. The standard InChI is InChI=1S/C18H32N6.HI/c1-19-18(20-8-3-4-9-23-10-5-6-11-23)24-12-7-16(15-24)17-13-21-22(2)14-17;/h13-14,16H,3-12,15H2,1-2H3,(H,19,20);1H. The van der Waals surface area contributed by atoms with Crippen molar-refractivity contribution in [3.8, 4) is 0 Å². The molecule has 0 saturated carbocycles. The number of aromatic nitrogens is 2. The van der Waals surface area contributed by atoms with Crippen molar-refractivity contribution in [2.24, 2.45) is 12.0 Å². The molecule has 3 heterocycles. The molecule has 2 aliphatic heterocycles. The molecule has 1 unspecified atom stereocenters. The average molecular weight is 460 g/mol. The van der Waals surface area contributed by atoms with Gasteiger partial charge in [-0.05, 0) is 57.3 Å². The Morgan fingerprint density at radius 1 is 1.28 bits per heavy atom. The Kier molecular flexibility index (Phi) is 8.48. The fraction of sp³-hybridized carbons (Fsp3) is 0.778. The van der Waals surface area contributed by atoms with Crippen molar-refractivity contribution in [1.82, 2.24) is 24.9 Å². The zero-order valence-corrected chi connectivity index (χ0v) is 18.0. The number of halogens is 1. The number of aliphatic imine (C=N–C) groups is 1. The highest BCUT2D eigenvalue weighted by atomic mass is 127. The van der Waals surface area contributed by atoms with E-state index in [-0.39, 0.29) is 24.0 Å². The first-order chi connectivity index (χ1) is 11.8. The van der Waals surface area contributed by atoms with Crippen molar-refractivity contribution < 1.29 is 0 Å². The molecule has 1 aromatic rings. The molecule has 3 rings (SSSR count). The van der Waals surface area contributed by atoms with Crippen molar-refractivity contribution in [1.29, 1.82) is 0 Å². The van der Waals surface area contributed by atoms with E-state index >= 15 is 0 Å². The highest BCUT2D eigenvalue weighted by Gasteiger charge is 2.26. The number of likely N-dealkylation sites (tertiary alicyclic amines) is 2. The summed E-state index contributed by atoms with van der Waals surface area (Å²) in [5.41, 5.74) is 1.35. The van der Waals surface area contributed by atoms with Crippen molar-refractivity contribution >= 4 is 29.9 Å². The summed E-state index contributed by atoms with van der Waals surface area (Å²) in [6.07, 6.45) is 10.6. The Bertz CT molecular complexity index is 537. The molecule has 25 heavy (non-hydrogen) atoms. The normalized spacial score (nSPS) is 21.6. The number of unbranched alkanes of at least 4 members (excludes halogenated alkanes) is 1. The molecule has 2 fully saturated rings. The highest BCUT2D eigenvalue weighted by Crippen LogP contribution is 2.26. The Balaban J connectivity index is 0.00000225. The van der Waals surface area contributed by atoms with Gasteiger partial charge >= 0.3 is 0 Å². The maximum absolute atomic E-state index is 4.48. The van der Waals surface area contributed by atoms with Crippen LogP contribution in [0.1, 0.15) is 43.6 Å². The monoisotopic (exact) mass is 460 g/mol. The lowest BCUT2D eigenvalue weighted by atomic mass is 10.0. The van der Waals surface area contributed by atoms with Crippen molar-refractivity contribution in [2.45, 2.75) is 38.0 Å². The second kappa shape index (κ2) is 10.4. The lowest BCUT2D eigenvalue weighted by Gasteiger charge is -2.22. The predicted octanol–water partition coefficient (Wildman–Crippen LogP) is 2.28. The van der Waals surface area contributed by atoms with E-state index in [4.69, 9.17) is 0 Å². The number of guanidine groups is 1. The Hall–Kier alpha value is -0.830. The zero-order chi connectivity index (χ0) is 16.8. The molecule has 0 aliphatic carbocycles. The van der Waals surface area contributed by atoms with Crippen molar-refractivity contribution in [3.63, 3.8) is 0 Å². The Morgan fingerprint density at radius 2 is 2.08 bits per heavy atom. The molecule has 0 spiro atoms. The minimum atomic E-state index is 0. The van der Waals surface area contributed by atoms with Gasteiger partial charge in [-0.1, -0.05) is 0 Å². The van der Waals surface area contributed by atoms with Crippen LogP contribution in [0.3, 0.4) is 0 Å². The van der Waals surface area contributed by atoms with Gasteiger partial charge in [-0.2, -0.15) is 5.10 Å². The second-order valence-corrected chi connectivity index (χ2v) is 7.11. The molecule has 0 amide bonds. The van der Waals surface area contributed by atoms with E-state index in [1.54, 1.807) is 0 Å². The third kappa shape index (κ3) is 5.84. The predicted molar refractivity (Wildman–Crippen MR) is 114 cm³/mol. The van der Waals surface area contributed by atoms with Gasteiger partial charge in [-0.3, -0.25) is 9.67 Å². The molecular formula is C18H33IN6. The van der Waals surface area contributed by atoms with E-state index in [0.29, 0.717) is 5.92 Å². The van der Waals surface area contributed by atoms with E-state index in [2.05, 4.69) is 31.4 Å². The summed E-state index contributed by atoms with van der Waals surface area (Å²) in [7, 11) is 3.88. The molecule has 0 radical (unpaired) electrons. The van der Waals surface area contributed by atoms with Gasteiger partial charge < -0.3 is 15.1 Å². The van der Waals surface area contributed by atoms with Crippen LogP contribution in [0.15, 0.2) is 17.4 Å². The molecule has 1 atom stereocenters. The van der Waals surface area contributed by atoms with Crippen molar-refractivity contribution in [3.05, 3.63) is 18.0 Å². The first-order valence-corrected chi connectivity index (χ1v) is 9.43. The minimum absolute atomic E-state index is 0. The fourth-order valence-electron chi connectivity index (χ4n) is 3.87. The molecule has 7 heteroatoms. The van der Waals surface area contributed by atoms with Gasteiger partial charge in [0.05, 0.1) is 6.20 Å². The van der Waals surface area contributed by atoms with Crippen LogP contribution in [-0.2, 0) is 7.05 Å². The van der Waals surface area contributed by atoms with Crippen LogP contribution in [0.4, 0.5) is 0 Å². The topological polar surface area (TPSA) is 48.7 Å². The number of rotatable bonds is 6. The molecule has 2 saturated heterocycles. The van der Waals surface area contributed by atoms with E-state index in [1.807, 2.05) is 25.0 Å². The first kappa shape index (κ1) is 20.5. The van der Waals surface area contributed by atoms with E-state index < -0.39 is 0 Å². The molecule has 2 aliphatic rings. The molecule has 0 bridgehead atoms. The lowest BCUT2D eigenvalue weighted by Crippen LogP contribution is -2.40. The summed E-state index contributed by atoms with van der Waals surface area (Å²) in [5, 5.41) is 7.85. The van der Waals surface area contributed by atoms with Gasteiger partial charge in [0, 0.05) is 45.8 Å². The minimum Gasteiger partial charge on any atom is -0.356 e. The molecule has 1 N–H and O–H groups in total. The summed E-state index contributed by atoms with van der Waals surface area (Å²) in [5.74, 6) is 1.63. The quantitative estimate of drug-likeness (QED) is 0.306. The molecular weight excluding hydrogens is 427 g/mol. The van der Waals surface area contributed by atoms with Crippen LogP contribution in [0.5, 0.6) is 0 Å². The third-order valence-electron chi connectivity index (χ3n) is 5.28. The highest BCUT2D eigenvalue weighted by molar-refractivity contribution is 14.0. The Labute approximate surface area is 169 Å². The summed E-state index contributed by atoms with van der Waals surface area (Å²) in [6.45, 7) is 7.00. The summed E-state index contributed by atoms with van der Waals surface area (Å²) >= 11 is 0. The number of aryl methyl sites for hydroxylation is 1. The second-order valence-electron chi connectivity index (χ2n) is 7.11. The molecule has 142 valence electrons. The van der Waals surface area contributed by atoms with Gasteiger partial charge in [0.25, 0.3) is 0 Å². The smallest absolute Gasteiger partial charge is 0.193 e. The van der Waals surface area contributed by atoms with Gasteiger partial charge in [0.2, 0.25) is 0 Å². The van der Waals surface area contributed by atoms with Gasteiger partial charge in [-0.15, -0.1) is 24.0 Å². The largest absolute Gasteiger partial charge is 0.356 e. The maximum Gasteiger partial charge on any atom is 0.193 e. The number of nitrogens with one attached hydrogen (secondary N) is 1. The zero-order valence-electron chi connectivity index (χ0n) is 15.7. The first-order valence-electron chi connectivity index (χ1n) is 9.43. The van der Waals surface area contributed by atoms with Crippen LogP contribution in [-0.4, -0.2) is 71.9 Å². The fourth-order valence-corrected chi connectivity index (χ4v) is 3.87. The molecule has 0 aromatic carbocycles. The SMILES string of the molecule is CN=C(NCCCCN1CCCC1)N1CCC(c2cnn(C)c2)C1.I. The van der Waals surface area contributed by atoms with E-state index in [9.17, 15) is 0 Å². The van der Waals surface area contributed by atoms with Crippen LogP contribution in [0, 0.1) is 0 Å². The lowest BCUT2D eigenvalue weighted by molar-refractivity contribution is 0.330. The van der Waals surface area contributed by atoms with Gasteiger partial charge in [0.15, 0.2) is 5.96 Å². The van der Waals surface area contributed by atoms with Crippen LogP contribution < -0.4 is 5.32 Å². The average Bonchev–Trinajstić information content (AvgIpc) is 3.32.